The predicted octanol–water partition coefficient (Wildman–Crippen LogP) is 3.37. The van der Waals surface area contributed by atoms with Gasteiger partial charge in [-0.3, -0.25) is 0 Å². The van der Waals surface area contributed by atoms with Crippen LogP contribution in [0.2, 0.25) is 5.02 Å². The van der Waals surface area contributed by atoms with Crippen molar-refractivity contribution in [3.8, 4) is 0 Å². The number of nitrogens with one attached hydrogen (secondary N) is 1. The van der Waals surface area contributed by atoms with E-state index >= 15 is 0 Å². The molecule has 0 saturated carbocycles. The minimum absolute atomic E-state index is 0.171. The van der Waals surface area contributed by atoms with Crippen molar-refractivity contribution in [2.24, 2.45) is 0 Å². The molecule has 0 unspecified atom stereocenters. The summed E-state index contributed by atoms with van der Waals surface area (Å²) in [5.41, 5.74) is 3.71. The van der Waals surface area contributed by atoms with E-state index in [1.807, 2.05) is 38.2 Å². The van der Waals surface area contributed by atoms with Crippen LogP contribution in [0, 0.1) is 0 Å². The van der Waals surface area contributed by atoms with Gasteiger partial charge in [-0.25, -0.2) is 9.50 Å². The molecule has 0 amide bonds. The third kappa shape index (κ3) is 2.59. The molecule has 138 valence electrons. The number of halogens is 1. The lowest BCUT2D eigenvalue weighted by molar-refractivity contribution is 0.446. The van der Waals surface area contributed by atoms with Crippen molar-refractivity contribution in [3.63, 3.8) is 0 Å². The van der Waals surface area contributed by atoms with Gasteiger partial charge in [-0.15, -0.1) is 5.10 Å². The van der Waals surface area contributed by atoms with E-state index in [0.717, 1.165) is 35.6 Å². The zero-order chi connectivity index (χ0) is 18.5. The smallest absolute Gasteiger partial charge is 0.319 e. The molecule has 5 rings (SSSR count). The van der Waals surface area contributed by atoms with E-state index in [9.17, 15) is 0 Å². The van der Waals surface area contributed by atoms with Crippen molar-refractivity contribution in [1.29, 1.82) is 0 Å². The molecule has 0 fully saturated rings. The number of hydrogen-bond donors (Lipinski definition) is 1. The Morgan fingerprint density at radius 1 is 1.33 bits per heavy atom. The molecule has 0 aromatic carbocycles. The lowest BCUT2D eigenvalue weighted by Gasteiger charge is -2.32. The maximum Gasteiger partial charge on any atom is 0.319 e. The SMILES string of the molecule is CC(C)c1nnc(N2CCc3[nH]cnc3[C@H]2c2cc3c(Cl)cccn3n2)o1. The van der Waals surface area contributed by atoms with Crippen LogP contribution in [0.3, 0.4) is 0 Å². The fraction of sp³-hybridized carbons (Fsp3) is 0.333. The highest BCUT2D eigenvalue weighted by Gasteiger charge is 2.36. The Bertz CT molecular complexity index is 1110. The molecule has 8 nitrogen and oxygen atoms in total. The van der Waals surface area contributed by atoms with Crippen LogP contribution in [0.5, 0.6) is 0 Å². The van der Waals surface area contributed by atoms with Gasteiger partial charge in [0.2, 0.25) is 5.89 Å². The van der Waals surface area contributed by atoms with Crippen LogP contribution in [-0.2, 0) is 6.42 Å². The molecule has 0 radical (unpaired) electrons. The highest BCUT2D eigenvalue weighted by Crippen LogP contribution is 2.37. The first-order valence-electron chi connectivity index (χ1n) is 8.88. The molecule has 27 heavy (non-hydrogen) atoms. The Morgan fingerprint density at radius 3 is 3.00 bits per heavy atom. The topological polar surface area (TPSA) is 88.1 Å². The molecule has 0 saturated heterocycles. The normalized spacial score (nSPS) is 17.0. The number of anilines is 1. The molecular formula is C18H18ClN7O. The van der Waals surface area contributed by atoms with Crippen LogP contribution in [0.4, 0.5) is 6.01 Å². The molecule has 0 spiro atoms. The van der Waals surface area contributed by atoms with Crippen molar-refractivity contribution in [3.05, 3.63) is 58.7 Å². The highest BCUT2D eigenvalue weighted by atomic mass is 35.5. The van der Waals surface area contributed by atoms with E-state index in [1.165, 1.54) is 0 Å². The Hall–Kier alpha value is -2.87. The minimum atomic E-state index is -0.226. The number of aromatic amines is 1. The Kier molecular flexibility index (Phi) is 3.68. The Balaban J connectivity index is 1.65. The van der Waals surface area contributed by atoms with E-state index in [0.29, 0.717) is 16.9 Å². The molecule has 5 heterocycles. The van der Waals surface area contributed by atoms with Crippen molar-refractivity contribution in [1.82, 2.24) is 29.8 Å². The fourth-order valence-corrected chi connectivity index (χ4v) is 3.71. The standard InChI is InChI=1S/C18H18ClN7O/c1-10(2)17-22-23-18(27-17)25-7-5-12-15(21-9-20-12)16(25)13-8-14-11(19)4-3-6-26(14)24-13/h3-4,6,8-10,16H,5,7H2,1-2H3,(H,20,21)/t16-/m1/s1. The predicted molar refractivity (Wildman–Crippen MR) is 100 cm³/mol. The van der Waals surface area contributed by atoms with E-state index in [-0.39, 0.29) is 12.0 Å². The molecule has 0 aliphatic carbocycles. The van der Waals surface area contributed by atoms with Crippen molar-refractivity contribution in [2.45, 2.75) is 32.2 Å². The van der Waals surface area contributed by atoms with Gasteiger partial charge in [0, 0.05) is 30.8 Å². The summed E-state index contributed by atoms with van der Waals surface area (Å²) in [6, 6.07) is 5.98. The summed E-state index contributed by atoms with van der Waals surface area (Å²) < 4.78 is 7.71. The average Bonchev–Trinajstić information content (AvgIpc) is 3.39. The van der Waals surface area contributed by atoms with Crippen molar-refractivity contribution >= 4 is 23.1 Å². The number of pyridine rings is 1. The summed E-state index contributed by atoms with van der Waals surface area (Å²) in [4.78, 5) is 9.86. The minimum Gasteiger partial charge on any atom is -0.408 e. The number of rotatable bonds is 3. The summed E-state index contributed by atoms with van der Waals surface area (Å²) >= 11 is 6.34. The van der Waals surface area contributed by atoms with E-state index < -0.39 is 0 Å². The van der Waals surface area contributed by atoms with Crippen LogP contribution in [-0.4, -0.2) is 36.3 Å². The maximum absolute atomic E-state index is 6.34. The van der Waals surface area contributed by atoms with Gasteiger partial charge < -0.3 is 14.3 Å². The molecule has 0 bridgehead atoms. The van der Waals surface area contributed by atoms with Gasteiger partial charge in [0.25, 0.3) is 0 Å². The third-order valence-electron chi connectivity index (χ3n) is 4.84. The van der Waals surface area contributed by atoms with Crippen LogP contribution >= 0.6 is 11.6 Å². The number of imidazole rings is 1. The number of H-pyrrole nitrogens is 1. The van der Waals surface area contributed by atoms with E-state index in [4.69, 9.17) is 21.1 Å². The molecule has 4 aromatic heterocycles. The average molecular weight is 384 g/mol. The van der Waals surface area contributed by atoms with Crippen molar-refractivity contribution < 1.29 is 4.42 Å². The largest absolute Gasteiger partial charge is 0.408 e. The summed E-state index contributed by atoms with van der Waals surface area (Å²) in [5, 5.41) is 13.9. The van der Waals surface area contributed by atoms with Gasteiger partial charge in [0.05, 0.1) is 28.3 Å². The van der Waals surface area contributed by atoms with Gasteiger partial charge in [0.1, 0.15) is 6.04 Å². The summed E-state index contributed by atoms with van der Waals surface area (Å²) in [6.07, 6.45) is 4.42. The van der Waals surface area contributed by atoms with Gasteiger partial charge in [-0.2, -0.15) is 5.10 Å². The lowest BCUT2D eigenvalue weighted by Crippen LogP contribution is -2.36. The molecular weight excluding hydrogens is 366 g/mol. The van der Waals surface area contributed by atoms with Crippen LogP contribution in [0.1, 0.15) is 48.8 Å². The second-order valence-electron chi connectivity index (χ2n) is 6.94. The third-order valence-corrected chi connectivity index (χ3v) is 5.16. The zero-order valence-corrected chi connectivity index (χ0v) is 15.7. The number of aromatic nitrogens is 6. The van der Waals surface area contributed by atoms with Crippen LogP contribution < -0.4 is 4.90 Å². The first kappa shape index (κ1) is 16.3. The van der Waals surface area contributed by atoms with E-state index in [1.54, 1.807) is 10.8 Å². The van der Waals surface area contributed by atoms with Crippen molar-refractivity contribution in [2.75, 3.05) is 11.4 Å². The Labute approximate surface area is 160 Å². The fourth-order valence-electron chi connectivity index (χ4n) is 3.49. The molecule has 4 aromatic rings. The Morgan fingerprint density at radius 2 is 2.22 bits per heavy atom. The van der Waals surface area contributed by atoms with Gasteiger partial charge in [-0.05, 0) is 18.2 Å². The molecule has 1 atom stereocenters. The van der Waals surface area contributed by atoms with E-state index in [2.05, 4.69) is 25.1 Å². The number of hydrogen-bond acceptors (Lipinski definition) is 6. The molecule has 1 N–H and O–H groups in total. The zero-order valence-electron chi connectivity index (χ0n) is 14.9. The monoisotopic (exact) mass is 383 g/mol. The first-order valence-corrected chi connectivity index (χ1v) is 9.25. The summed E-state index contributed by atoms with van der Waals surface area (Å²) in [5.74, 6) is 0.791. The molecule has 1 aliphatic heterocycles. The summed E-state index contributed by atoms with van der Waals surface area (Å²) in [7, 11) is 0. The van der Waals surface area contributed by atoms with Crippen LogP contribution in [0.15, 0.2) is 35.1 Å². The quantitative estimate of drug-likeness (QED) is 0.583. The first-order chi connectivity index (χ1) is 13.1. The van der Waals surface area contributed by atoms with Gasteiger partial charge in [0.15, 0.2) is 0 Å². The number of fused-ring (bicyclic) bond motifs is 2. The highest BCUT2D eigenvalue weighted by molar-refractivity contribution is 6.33. The maximum atomic E-state index is 6.34. The summed E-state index contributed by atoms with van der Waals surface area (Å²) in [6.45, 7) is 4.78. The lowest BCUT2D eigenvalue weighted by atomic mass is 10.0. The number of nitrogens with zero attached hydrogens (tertiary/aromatic N) is 6. The second kappa shape index (κ2) is 6.09. The second-order valence-corrected chi connectivity index (χ2v) is 7.35. The van der Waals surface area contributed by atoms with Gasteiger partial charge in [-0.1, -0.05) is 30.5 Å². The molecule has 9 heteroatoms. The van der Waals surface area contributed by atoms with Crippen LogP contribution in [0.25, 0.3) is 5.52 Å². The van der Waals surface area contributed by atoms with Gasteiger partial charge >= 0.3 is 6.01 Å². The molecule has 1 aliphatic rings.